The zero-order valence-electron chi connectivity index (χ0n) is 16.1. The first-order chi connectivity index (χ1) is 12.1. The van der Waals surface area contributed by atoms with Gasteiger partial charge in [0.2, 0.25) is 5.91 Å². The van der Waals surface area contributed by atoms with Crippen molar-refractivity contribution in [3.63, 3.8) is 0 Å². The van der Waals surface area contributed by atoms with E-state index in [4.69, 9.17) is 4.74 Å². The van der Waals surface area contributed by atoms with E-state index in [9.17, 15) is 4.79 Å². The number of likely N-dealkylation sites (tertiary alicyclic amines) is 1. The minimum atomic E-state index is 0.285. The van der Waals surface area contributed by atoms with E-state index in [1.165, 1.54) is 25.7 Å². The van der Waals surface area contributed by atoms with Gasteiger partial charge >= 0.3 is 0 Å². The van der Waals surface area contributed by atoms with Crippen LogP contribution in [0, 0.1) is 11.8 Å². The molecule has 4 atom stereocenters. The first-order valence-electron chi connectivity index (χ1n) is 10.5. The van der Waals surface area contributed by atoms with Crippen LogP contribution < -0.4 is 10.6 Å². The van der Waals surface area contributed by atoms with Crippen molar-refractivity contribution in [2.24, 2.45) is 11.8 Å². The summed E-state index contributed by atoms with van der Waals surface area (Å²) in [5, 5.41) is 7.02. The fourth-order valence-corrected chi connectivity index (χ4v) is 5.05. The molecule has 0 aliphatic carbocycles. The number of ether oxygens (including phenoxy) is 1. The molecule has 144 valence electrons. The molecule has 4 unspecified atom stereocenters. The third-order valence-electron chi connectivity index (χ3n) is 6.35. The van der Waals surface area contributed by atoms with E-state index >= 15 is 0 Å². The van der Waals surface area contributed by atoms with Crippen LogP contribution in [-0.2, 0) is 9.53 Å². The number of fused-ring (bicyclic) bond motifs is 2. The predicted molar refractivity (Wildman–Crippen MR) is 101 cm³/mol. The molecule has 5 nitrogen and oxygen atoms in total. The minimum Gasteiger partial charge on any atom is -0.382 e. The number of hydrogen-bond donors (Lipinski definition) is 2. The van der Waals surface area contributed by atoms with Crippen LogP contribution in [-0.4, -0.2) is 61.8 Å². The number of carbonyl (C=O) groups is 1. The van der Waals surface area contributed by atoms with Gasteiger partial charge in [0.1, 0.15) is 0 Å². The molecule has 3 aliphatic rings. The molecular weight excluding hydrogens is 314 g/mol. The topological polar surface area (TPSA) is 53.6 Å². The third-order valence-corrected chi connectivity index (χ3v) is 6.35. The molecule has 3 saturated heterocycles. The highest BCUT2D eigenvalue weighted by Crippen LogP contribution is 2.32. The largest absolute Gasteiger partial charge is 0.382 e. The van der Waals surface area contributed by atoms with Crippen molar-refractivity contribution < 1.29 is 9.53 Å². The molecule has 0 aromatic heterocycles. The van der Waals surface area contributed by atoms with Gasteiger partial charge in [-0.05, 0) is 57.3 Å². The second kappa shape index (κ2) is 9.33. The fourth-order valence-electron chi connectivity index (χ4n) is 5.05. The van der Waals surface area contributed by atoms with Gasteiger partial charge in [-0.15, -0.1) is 0 Å². The van der Waals surface area contributed by atoms with E-state index in [0.29, 0.717) is 30.0 Å². The summed E-state index contributed by atoms with van der Waals surface area (Å²) < 4.78 is 5.43. The molecule has 2 bridgehead atoms. The van der Waals surface area contributed by atoms with Gasteiger partial charge in [-0.1, -0.05) is 6.92 Å². The Balaban J connectivity index is 1.35. The molecule has 0 radical (unpaired) electrons. The third kappa shape index (κ3) is 5.66. The number of nitrogens with one attached hydrogen (secondary N) is 2. The summed E-state index contributed by atoms with van der Waals surface area (Å²) in [6.45, 7) is 9.30. The van der Waals surface area contributed by atoms with Gasteiger partial charge in [-0.25, -0.2) is 0 Å². The van der Waals surface area contributed by atoms with Gasteiger partial charge in [0.15, 0.2) is 0 Å². The van der Waals surface area contributed by atoms with Crippen molar-refractivity contribution in [2.75, 3.05) is 32.8 Å². The number of hydrogen-bond acceptors (Lipinski definition) is 4. The van der Waals surface area contributed by atoms with Crippen LogP contribution in [0.5, 0.6) is 0 Å². The molecule has 3 rings (SSSR count). The van der Waals surface area contributed by atoms with Crippen LogP contribution in [0.2, 0.25) is 0 Å². The monoisotopic (exact) mass is 351 g/mol. The highest BCUT2D eigenvalue weighted by atomic mass is 16.5. The van der Waals surface area contributed by atoms with Crippen LogP contribution in [0.1, 0.15) is 58.8 Å². The molecule has 1 amide bonds. The minimum absolute atomic E-state index is 0.285. The Morgan fingerprint density at radius 3 is 2.68 bits per heavy atom. The SMILES string of the molecule is CCOCCCN1CCC(NC(=O)CC2CC3CCC(C2)N3)C(C)C1. The van der Waals surface area contributed by atoms with Crippen molar-refractivity contribution in [1.82, 2.24) is 15.5 Å². The van der Waals surface area contributed by atoms with Gasteiger partial charge in [0, 0.05) is 57.4 Å². The Bertz CT molecular complexity index is 419. The average molecular weight is 352 g/mol. The Kier molecular flexibility index (Phi) is 7.14. The lowest BCUT2D eigenvalue weighted by atomic mass is 9.88. The van der Waals surface area contributed by atoms with Crippen LogP contribution in [0.4, 0.5) is 0 Å². The molecule has 5 heteroatoms. The van der Waals surface area contributed by atoms with Crippen molar-refractivity contribution in [2.45, 2.75) is 76.9 Å². The van der Waals surface area contributed by atoms with Gasteiger partial charge in [0.05, 0.1) is 0 Å². The molecule has 3 fully saturated rings. The molecular formula is C20H37N3O2. The summed E-state index contributed by atoms with van der Waals surface area (Å²) in [5.41, 5.74) is 0. The van der Waals surface area contributed by atoms with E-state index in [-0.39, 0.29) is 5.91 Å². The zero-order chi connectivity index (χ0) is 17.6. The van der Waals surface area contributed by atoms with Crippen LogP contribution in [0.25, 0.3) is 0 Å². The second-order valence-corrected chi connectivity index (χ2v) is 8.47. The Hall–Kier alpha value is -0.650. The zero-order valence-corrected chi connectivity index (χ0v) is 16.1. The molecule has 25 heavy (non-hydrogen) atoms. The van der Waals surface area contributed by atoms with E-state index in [0.717, 1.165) is 52.1 Å². The summed E-state index contributed by atoms with van der Waals surface area (Å²) in [4.78, 5) is 15.0. The average Bonchev–Trinajstić information content (AvgIpc) is 2.92. The Morgan fingerprint density at radius 2 is 2.00 bits per heavy atom. The number of rotatable bonds is 8. The van der Waals surface area contributed by atoms with Crippen molar-refractivity contribution in [1.29, 1.82) is 0 Å². The quantitative estimate of drug-likeness (QED) is 0.658. The summed E-state index contributed by atoms with van der Waals surface area (Å²) in [6.07, 6.45) is 7.92. The maximum Gasteiger partial charge on any atom is 0.220 e. The van der Waals surface area contributed by atoms with Crippen LogP contribution >= 0.6 is 0 Å². The van der Waals surface area contributed by atoms with Crippen molar-refractivity contribution in [3.05, 3.63) is 0 Å². The summed E-state index contributed by atoms with van der Waals surface area (Å²) in [7, 11) is 0. The molecule has 0 aromatic carbocycles. The standard InChI is InChI=1S/C20H37N3O2/c1-3-25-10-4-8-23-9-7-19(15(2)14-23)22-20(24)13-16-11-17-5-6-18(12-16)21-17/h15-19,21H,3-14H2,1-2H3,(H,22,24). The molecule has 0 aromatic rings. The summed E-state index contributed by atoms with van der Waals surface area (Å²) in [5.74, 6) is 1.41. The fraction of sp³-hybridized carbons (Fsp3) is 0.950. The molecule has 3 aliphatic heterocycles. The molecule has 3 heterocycles. The first-order valence-corrected chi connectivity index (χ1v) is 10.5. The number of carbonyl (C=O) groups excluding carboxylic acids is 1. The predicted octanol–water partition coefficient (Wildman–Crippen LogP) is 2.16. The highest BCUT2D eigenvalue weighted by molar-refractivity contribution is 5.76. The normalized spacial score (nSPS) is 35.7. The number of piperidine rings is 2. The smallest absolute Gasteiger partial charge is 0.220 e. The lowest BCUT2D eigenvalue weighted by Crippen LogP contribution is -2.50. The van der Waals surface area contributed by atoms with E-state index in [2.05, 4.69) is 22.5 Å². The maximum atomic E-state index is 12.5. The van der Waals surface area contributed by atoms with E-state index < -0.39 is 0 Å². The molecule has 0 saturated carbocycles. The first kappa shape index (κ1) is 19.1. The lowest BCUT2D eigenvalue weighted by molar-refractivity contribution is -0.123. The highest BCUT2D eigenvalue weighted by Gasteiger charge is 2.35. The van der Waals surface area contributed by atoms with Gasteiger partial charge in [0.25, 0.3) is 0 Å². The van der Waals surface area contributed by atoms with Gasteiger partial charge in [-0.3, -0.25) is 4.79 Å². The second-order valence-electron chi connectivity index (χ2n) is 8.47. The maximum absolute atomic E-state index is 12.5. The van der Waals surface area contributed by atoms with E-state index in [1.807, 2.05) is 6.92 Å². The van der Waals surface area contributed by atoms with Gasteiger partial charge < -0.3 is 20.3 Å². The van der Waals surface area contributed by atoms with Crippen molar-refractivity contribution in [3.8, 4) is 0 Å². The van der Waals surface area contributed by atoms with Crippen LogP contribution in [0.3, 0.4) is 0 Å². The van der Waals surface area contributed by atoms with E-state index in [1.54, 1.807) is 0 Å². The van der Waals surface area contributed by atoms with Gasteiger partial charge in [-0.2, -0.15) is 0 Å². The Morgan fingerprint density at radius 1 is 1.24 bits per heavy atom. The summed E-state index contributed by atoms with van der Waals surface area (Å²) in [6, 6.07) is 1.71. The summed E-state index contributed by atoms with van der Waals surface area (Å²) >= 11 is 0. The Labute approximate surface area is 153 Å². The van der Waals surface area contributed by atoms with Crippen LogP contribution in [0.15, 0.2) is 0 Å². The molecule has 2 N–H and O–H groups in total. The van der Waals surface area contributed by atoms with Crippen molar-refractivity contribution >= 4 is 5.91 Å². The number of amides is 1. The number of nitrogens with zero attached hydrogens (tertiary/aromatic N) is 1. The lowest BCUT2D eigenvalue weighted by Gasteiger charge is -2.37. The molecule has 0 spiro atoms.